The van der Waals surface area contributed by atoms with E-state index >= 15 is 0 Å². The van der Waals surface area contributed by atoms with Crippen molar-refractivity contribution in [3.63, 3.8) is 0 Å². The number of aromatic nitrogens is 1. The molecule has 1 aliphatic carbocycles. The normalized spacial score (nSPS) is 15.7. The van der Waals surface area contributed by atoms with Gasteiger partial charge in [0, 0.05) is 47.2 Å². The van der Waals surface area contributed by atoms with Crippen LogP contribution in [0.15, 0.2) is 30.3 Å². The monoisotopic (exact) mass is 437 g/mol. The van der Waals surface area contributed by atoms with E-state index in [1.54, 1.807) is 29.2 Å². The number of ketones is 1. The zero-order valence-corrected chi connectivity index (χ0v) is 18.3. The Kier molecular flexibility index (Phi) is 6.12. The van der Waals surface area contributed by atoms with Gasteiger partial charge in [-0.3, -0.25) is 19.2 Å². The molecule has 1 saturated heterocycles. The molecule has 0 radical (unpaired) electrons. The Balaban J connectivity index is 1.25. The molecular formula is C24H27N3O5. The van der Waals surface area contributed by atoms with E-state index in [9.17, 15) is 19.2 Å². The maximum atomic E-state index is 12.5. The third kappa shape index (κ3) is 4.59. The number of hydrogen-bond acceptors (Lipinski definition) is 5. The van der Waals surface area contributed by atoms with Gasteiger partial charge in [-0.25, -0.2) is 0 Å². The number of carbonyl (C=O) groups excluding carboxylic acids is 4. The summed E-state index contributed by atoms with van der Waals surface area (Å²) in [5.41, 5.74) is 3.63. The van der Waals surface area contributed by atoms with Gasteiger partial charge in [-0.1, -0.05) is 0 Å². The highest BCUT2D eigenvalue weighted by molar-refractivity contribution is 6.00. The molecule has 0 spiro atoms. The van der Waals surface area contributed by atoms with Crippen LogP contribution in [0.2, 0.25) is 0 Å². The van der Waals surface area contributed by atoms with E-state index in [1.165, 1.54) is 0 Å². The minimum atomic E-state index is -0.679. The van der Waals surface area contributed by atoms with Crippen molar-refractivity contribution >= 4 is 29.3 Å². The fraction of sp³-hybridized carbons (Fsp3) is 0.417. The second-order valence-corrected chi connectivity index (χ2v) is 8.35. The van der Waals surface area contributed by atoms with E-state index in [0.717, 1.165) is 36.3 Å². The van der Waals surface area contributed by atoms with Crippen LogP contribution in [-0.2, 0) is 14.3 Å². The van der Waals surface area contributed by atoms with Crippen LogP contribution in [0.1, 0.15) is 63.8 Å². The van der Waals surface area contributed by atoms with Crippen LogP contribution in [0.4, 0.5) is 5.69 Å². The molecule has 2 aliphatic rings. The highest BCUT2D eigenvalue weighted by Gasteiger charge is 2.28. The van der Waals surface area contributed by atoms with Crippen molar-refractivity contribution in [2.75, 3.05) is 24.6 Å². The lowest BCUT2D eigenvalue weighted by Crippen LogP contribution is -2.31. The molecule has 8 nitrogen and oxygen atoms in total. The van der Waals surface area contributed by atoms with Crippen molar-refractivity contribution in [2.24, 2.45) is 0 Å². The van der Waals surface area contributed by atoms with E-state index in [-0.39, 0.29) is 24.8 Å². The van der Waals surface area contributed by atoms with Crippen LogP contribution >= 0.6 is 0 Å². The van der Waals surface area contributed by atoms with Crippen LogP contribution < -0.4 is 10.2 Å². The molecule has 1 aromatic heterocycles. The number of hydrogen-bond donors (Lipinski definition) is 1. The number of nitrogens with zero attached hydrogens (tertiary/aromatic N) is 2. The molecule has 0 unspecified atom stereocenters. The second-order valence-electron chi connectivity index (χ2n) is 8.35. The van der Waals surface area contributed by atoms with Crippen LogP contribution in [0, 0.1) is 13.8 Å². The molecule has 0 bridgehead atoms. The summed E-state index contributed by atoms with van der Waals surface area (Å²) in [7, 11) is 0. The summed E-state index contributed by atoms with van der Waals surface area (Å²) in [6, 6.07) is 8.96. The number of esters is 1. The van der Waals surface area contributed by atoms with Crippen LogP contribution in [0.5, 0.6) is 0 Å². The number of nitrogens with one attached hydrogen (secondary N) is 1. The number of ether oxygens (including phenoxy) is 1. The number of amides is 2. The standard InChI is InChI=1S/C24H27N3O5/c1-15-12-20(16(2)27(15)19-9-10-19)21(28)14-32-23(30)13-25-24(31)17-5-7-18(8-6-17)26-11-3-4-22(26)29/h5-8,12,19H,3-4,9-11,13-14H2,1-2H3,(H,25,31). The van der Waals surface area contributed by atoms with E-state index in [1.807, 2.05) is 19.9 Å². The fourth-order valence-electron chi connectivity index (χ4n) is 4.20. The van der Waals surface area contributed by atoms with Gasteiger partial charge in [-0.15, -0.1) is 0 Å². The first kappa shape index (κ1) is 21.8. The summed E-state index contributed by atoms with van der Waals surface area (Å²) >= 11 is 0. The van der Waals surface area contributed by atoms with Crippen molar-refractivity contribution in [1.29, 1.82) is 0 Å². The molecule has 32 heavy (non-hydrogen) atoms. The van der Waals surface area contributed by atoms with Gasteiger partial charge in [0.2, 0.25) is 11.7 Å². The molecule has 1 N–H and O–H groups in total. The Morgan fingerprint density at radius 1 is 1.12 bits per heavy atom. The molecule has 0 atom stereocenters. The molecule has 8 heteroatoms. The topological polar surface area (TPSA) is 97.7 Å². The molecule has 2 heterocycles. The third-order valence-electron chi connectivity index (χ3n) is 5.97. The Hall–Kier alpha value is -3.42. The molecule has 2 aromatic rings. The summed E-state index contributed by atoms with van der Waals surface area (Å²) in [5, 5.41) is 2.50. The molecule has 2 amide bonds. The minimum absolute atomic E-state index is 0.0777. The molecule has 2 fully saturated rings. The molecule has 168 valence electrons. The number of anilines is 1. The first-order valence-corrected chi connectivity index (χ1v) is 10.9. The number of carbonyl (C=O) groups is 4. The molecule has 1 saturated carbocycles. The molecule has 1 aliphatic heterocycles. The second kappa shape index (κ2) is 8.98. The zero-order chi connectivity index (χ0) is 22.8. The lowest BCUT2D eigenvalue weighted by atomic mass is 10.1. The predicted octanol–water partition coefficient (Wildman–Crippen LogP) is 2.72. The Labute approximate surface area is 186 Å². The highest BCUT2D eigenvalue weighted by atomic mass is 16.5. The van der Waals surface area contributed by atoms with E-state index < -0.39 is 11.9 Å². The van der Waals surface area contributed by atoms with Gasteiger partial charge in [0.1, 0.15) is 6.54 Å². The lowest BCUT2D eigenvalue weighted by molar-refractivity contribution is -0.141. The van der Waals surface area contributed by atoms with Crippen molar-refractivity contribution in [3.8, 4) is 0 Å². The van der Waals surface area contributed by atoms with Gasteiger partial charge < -0.3 is 19.5 Å². The van der Waals surface area contributed by atoms with Gasteiger partial charge in [0.25, 0.3) is 5.91 Å². The Morgan fingerprint density at radius 2 is 1.84 bits per heavy atom. The van der Waals surface area contributed by atoms with Crippen molar-refractivity contribution in [3.05, 3.63) is 52.8 Å². The summed E-state index contributed by atoms with van der Waals surface area (Å²) in [5.74, 6) is -1.28. The van der Waals surface area contributed by atoms with Gasteiger partial charge in [0.15, 0.2) is 6.61 Å². The van der Waals surface area contributed by atoms with Crippen molar-refractivity contribution in [1.82, 2.24) is 9.88 Å². The Morgan fingerprint density at radius 3 is 2.47 bits per heavy atom. The lowest BCUT2D eigenvalue weighted by Gasteiger charge is -2.15. The quantitative estimate of drug-likeness (QED) is 0.506. The van der Waals surface area contributed by atoms with Crippen molar-refractivity contribution in [2.45, 2.75) is 45.6 Å². The van der Waals surface area contributed by atoms with E-state index in [0.29, 0.717) is 30.1 Å². The Bertz CT molecular complexity index is 1070. The number of benzene rings is 1. The minimum Gasteiger partial charge on any atom is -0.456 e. The maximum absolute atomic E-state index is 12.5. The number of Topliss-reactive ketones (excluding diaryl/α,β-unsaturated/α-hetero) is 1. The molecular weight excluding hydrogens is 410 g/mol. The van der Waals surface area contributed by atoms with Crippen LogP contribution in [0.25, 0.3) is 0 Å². The summed E-state index contributed by atoms with van der Waals surface area (Å²) in [6.07, 6.45) is 3.62. The van der Waals surface area contributed by atoms with Crippen molar-refractivity contribution < 1.29 is 23.9 Å². The van der Waals surface area contributed by atoms with Gasteiger partial charge >= 0.3 is 5.97 Å². The summed E-state index contributed by atoms with van der Waals surface area (Å²) < 4.78 is 7.23. The molecule has 1 aromatic carbocycles. The largest absolute Gasteiger partial charge is 0.456 e. The average Bonchev–Trinajstić information content (AvgIpc) is 3.45. The molecule has 4 rings (SSSR count). The summed E-state index contributed by atoms with van der Waals surface area (Å²) in [4.78, 5) is 50.3. The SMILES string of the molecule is Cc1cc(C(=O)COC(=O)CNC(=O)c2ccc(N3CCCC3=O)cc2)c(C)n1C1CC1. The van der Waals surface area contributed by atoms with E-state index in [4.69, 9.17) is 4.74 Å². The zero-order valence-electron chi connectivity index (χ0n) is 18.3. The van der Waals surface area contributed by atoms with Gasteiger partial charge in [-0.2, -0.15) is 0 Å². The first-order valence-electron chi connectivity index (χ1n) is 10.9. The van der Waals surface area contributed by atoms with Crippen LogP contribution in [0.3, 0.4) is 0 Å². The third-order valence-corrected chi connectivity index (χ3v) is 5.97. The van der Waals surface area contributed by atoms with Gasteiger partial charge in [-0.05, 0) is 63.4 Å². The number of rotatable bonds is 8. The fourth-order valence-corrected chi connectivity index (χ4v) is 4.20. The first-order chi connectivity index (χ1) is 15.3. The van der Waals surface area contributed by atoms with Crippen LogP contribution in [-0.4, -0.2) is 47.8 Å². The van der Waals surface area contributed by atoms with Gasteiger partial charge in [0.05, 0.1) is 0 Å². The summed E-state index contributed by atoms with van der Waals surface area (Å²) in [6.45, 7) is 3.87. The highest BCUT2D eigenvalue weighted by Crippen LogP contribution is 2.38. The van der Waals surface area contributed by atoms with E-state index in [2.05, 4.69) is 9.88 Å². The predicted molar refractivity (Wildman–Crippen MR) is 118 cm³/mol. The smallest absolute Gasteiger partial charge is 0.325 e. The maximum Gasteiger partial charge on any atom is 0.325 e. The number of aryl methyl sites for hydroxylation is 1. The average molecular weight is 437 g/mol.